The van der Waals surface area contributed by atoms with Crippen molar-refractivity contribution < 1.29 is 14.3 Å². The number of hydrogen-bond acceptors (Lipinski definition) is 3. The number of nitrogens with one attached hydrogen (secondary N) is 1. The summed E-state index contributed by atoms with van der Waals surface area (Å²) in [6.07, 6.45) is 0. The van der Waals surface area contributed by atoms with Crippen LogP contribution in [-0.2, 0) is 0 Å². The lowest BCUT2D eigenvalue weighted by Gasteiger charge is -2.29. The highest BCUT2D eigenvalue weighted by molar-refractivity contribution is 5.82. The van der Waals surface area contributed by atoms with Crippen LogP contribution in [0.3, 0.4) is 0 Å². The number of nitrogens with zero attached hydrogens (tertiary/aromatic N) is 1. The number of aliphatic hydroxyl groups is 1. The fourth-order valence-corrected chi connectivity index (χ4v) is 2.74. The number of carbonyl (C=O) groups excluding carboxylic acids is 1. The van der Waals surface area contributed by atoms with Crippen LogP contribution < -0.4 is 5.32 Å². The summed E-state index contributed by atoms with van der Waals surface area (Å²) in [7, 11) is 0. The van der Waals surface area contributed by atoms with E-state index in [1.165, 1.54) is 0 Å². The predicted molar refractivity (Wildman–Crippen MR) is 91.4 cm³/mol. The Balaban J connectivity index is 2.15. The van der Waals surface area contributed by atoms with Gasteiger partial charge in [-0.25, -0.2) is 4.79 Å². The quantitative estimate of drug-likeness (QED) is 0.885. The van der Waals surface area contributed by atoms with E-state index in [1.54, 1.807) is 18.7 Å². The van der Waals surface area contributed by atoms with Gasteiger partial charge in [-0.05, 0) is 40.7 Å². The summed E-state index contributed by atoms with van der Waals surface area (Å²) in [5.74, 6) is 0.763. The number of aryl methyl sites for hydroxylation is 1. The van der Waals surface area contributed by atoms with Crippen LogP contribution in [0.4, 0.5) is 4.79 Å². The van der Waals surface area contributed by atoms with Gasteiger partial charge in [0.05, 0.1) is 18.2 Å². The Hall–Kier alpha value is -2.01. The molecule has 1 atom stereocenters. The van der Waals surface area contributed by atoms with E-state index in [2.05, 4.69) is 5.32 Å². The molecule has 0 saturated carbocycles. The first-order valence-corrected chi connectivity index (χ1v) is 7.98. The number of fused-ring (bicyclic) bond motifs is 1. The van der Waals surface area contributed by atoms with Gasteiger partial charge in [-0.1, -0.05) is 18.2 Å². The van der Waals surface area contributed by atoms with Gasteiger partial charge in [0.15, 0.2) is 0 Å². The Kier molecular flexibility index (Phi) is 5.00. The Morgan fingerprint density at radius 1 is 1.39 bits per heavy atom. The molecule has 2 amide bonds. The smallest absolute Gasteiger partial charge is 0.318 e. The number of hydrogen-bond donors (Lipinski definition) is 2. The van der Waals surface area contributed by atoms with Crippen molar-refractivity contribution in [2.75, 3.05) is 13.1 Å². The highest BCUT2D eigenvalue weighted by atomic mass is 16.3. The van der Waals surface area contributed by atoms with E-state index in [4.69, 9.17) is 4.42 Å². The SMILES string of the molecule is CCN(CC(C)(C)O)C(=O)NC(C)c1oc2ccccc2c1C. The van der Waals surface area contributed by atoms with Gasteiger partial charge >= 0.3 is 6.03 Å². The van der Waals surface area contributed by atoms with Crippen LogP contribution in [0.2, 0.25) is 0 Å². The number of para-hydroxylation sites is 1. The second-order valence-corrected chi connectivity index (χ2v) is 6.59. The molecule has 0 saturated heterocycles. The molecule has 0 aliphatic rings. The number of amides is 2. The zero-order chi connectivity index (χ0) is 17.2. The van der Waals surface area contributed by atoms with E-state index < -0.39 is 5.60 Å². The van der Waals surface area contributed by atoms with Crippen molar-refractivity contribution in [1.29, 1.82) is 0 Å². The van der Waals surface area contributed by atoms with Crippen molar-refractivity contribution in [3.05, 3.63) is 35.6 Å². The van der Waals surface area contributed by atoms with Gasteiger partial charge in [-0.3, -0.25) is 0 Å². The summed E-state index contributed by atoms with van der Waals surface area (Å²) in [5.41, 5.74) is 0.940. The number of furan rings is 1. The summed E-state index contributed by atoms with van der Waals surface area (Å²) in [6, 6.07) is 7.39. The van der Waals surface area contributed by atoms with Gasteiger partial charge in [0.25, 0.3) is 0 Å². The molecule has 0 spiro atoms. The third-order valence-electron chi connectivity index (χ3n) is 3.86. The first-order chi connectivity index (χ1) is 10.7. The maximum atomic E-state index is 12.4. The molecule has 1 aromatic carbocycles. The Bertz CT molecular complexity index is 685. The van der Waals surface area contributed by atoms with Gasteiger partial charge in [-0.2, -0.15) is 0 Å². The lowest BCUT2D eigenvalue weighted by Crippen LogP contribution is -2.47. The van der Waals surface area contributed by atoms with E-state index in [0.717, 1.165) is 22.3 Å². The lowest BCUT2D eigenvalue weighted by atomic mass is 10.1. The van der Waals surface area contributed by atoms with Crippen molar-refractivity contribution in [1.82, 2.24) is 10.2 Å². The van der Waals surface area contributed by atoms with E-state index in [9.17, 15) is 9.90 Å². The predicted octanol–water partition coefficient (Wildman–Crippen LogP) is 3.60. The second-order valence-electron chi connectivity index (χ2n) is 6.59. The highest BCUT2D eigenvalue weighted by Crippen LogP contribution is 2.29. The molecule has 1 heterocycles. The average molecular weight is 318 g/mol. The van der Waals surface area contributed by atoms with Crippen LogP contribution in [0.1, 0.15) is 45.1 Å². The molecule has 2 aromatic rings. The molecule has 0 aliphatic heterocycles. The molecule has 5 nitrogen and oxygen atoms in total. The van der Waals surface area contributed by atoms with Crippen LogP contribution >= 0.6 is 0 Å². The van der Waals surface area contributed by atoms with Crippen LogP contribution in [0.25, 0.3) is 11.0 Å². The van der Waals surface area contributed by atoms with E-state index >= 15 is 0 Å². The molecule has 0 aliphatic carbocycles. The Labute approximate surface area is 137 Å². The monoisotopic (exact) mass is 318 g/mol. The average Bonchev–Trinajstić information content (AvgIpc) is 2.81. The van der Waals surface area contributed by atoms with Crippen molar-refractivity contribution in [3.8, 4) is 0 Å². The molecule has 126 valence electrons. The summed E-state index contributed by atoms with van der Waals surface area (Å²) in [6.45, 7) is 9.98. The second kappa shape index (κ2) is 6.62. The first-order valence-electron chi connectivity index (χ1n) is 7.98. The summed E-state index contributed by atoms with van der Waals surface area (Å²) < 4.78 is 5.89. The minimum absolute atomic E-state index is 0.206. The molecular weight excluding hydrogens is 292 g/mol. The van der Waals surface area contributed by atoms with Crippen molar-refractivity contribution in [2.24, 2.45) is 0 Å². The largest absolute Gasteiger partial charge is 0.459 e. The lowest BCUT2D eigenvalue weighted by molar-refractivity contribution is 0.0475. The molecule has 5 heteroatoms. The van der Waals surface area contributed by atoms with Crippen LogP contribution in [0.15, 0.2) is 28.7 Å². The summed E-state index contributed by atoms with van der Waals surface area (Å²) in [4.78, 5) is 14.0. The van der Waals surface area contributed by atoms with Gasteiger partial charge in [-0.15, -0.1) is 0 Å². The van der Waals surface area contributed by atoms with Gasteiger partial charge in [0.1, 0.15) is 11.3 Å². The van der Waals surface area contributed by atoms with E-state index in [1.807, 2.05) is 45.0 Å². The molecule has 0 bridgehead atoms. The molecule has 2 N–H and O–H groups in total. The third kappa shape index (κ3) is 4.05. The Morgan fingerprint density at radius 3 is 2.61 bits per heavy atom. The number of benzene rings is 1. The van der Waals surface area contributed by atoms with Gasteiger partial charge in [0, 0.05) is 17.5 Å². The number of rotatable bonds is 5. The van der Waals surface area contributed by atoms with Crippen molar-refractivity contribution in [2.45, 2.75) is 46.3 Å². The molecule has 0 fully saturated rings. The molecular formula is C18H26N2O3. The highest BCUT2D eigenvalue weighted by Gasteiger charge is 2.24. The van der Waals surface area contributed by atoms with Crippen LogP contribution in [0.5, 0.6) is 0 Å². The third-order valence-corrected chi connectivity index (χ3v) is 3.86. The number of likely N-dealkylation sites (N-methyl/N-ethyl adjacent to an activating group) is 1. The zero-order valence-corrected chi connectivity index (χ0v) is 14.5. The summed E-state index contributed by atoms with van der Waals surface area (Å²) >= 11 is 0. The van der Waals surface area contributed by atoms with Crippen molar-refractivity contribution >= 4 is 17.0 Å². The zero-order valence-electron chi connectivity index (χ0n) is 14.5. The number of carbonyl (C=O) groups is 1. The fraction of sp³-hybridized carbons (Fsp3) is 0.500. The maximum Gasteiger partial charge on any atom is 0.318 e. The molecule has 1 aromatic heterocycles. The topological polar surface area (TPSA) is 65.7 Å². The Morgan fingerprint density at radius 2 is 2.04 bits per heavy atom. The van der Waals surface area contributed by atoms with Crippen LogP contribution in [-0.4, -0.2) is 34.7 Å². The minimum atomic E-state index is -0.925. The summed E-state index contributed by atoms with van der Waals surface area (Å²) in [5, 5.41) is 13.9. The molecule has 2 rings (SSSR count). The maximum absolute atomic E-state index is 12.4. The van der Waals surface area contributed by atoms with Gasteiger partial charge in [0.2, 0.25) is 0 Å². The van der Waals surface area contributed by atoms with Crippen LogP contribution in [0, 0.1) is 6.92 Å². The minimum Gasteiger partial charge on any atom is -0.459 e. The number of urea groups is 1. The van der Waals surface area contributed by atoms with Crippen molar-refractivity contribution in [3.63, 3.8) is 0 Å². The molecule has 23 heavy (non-hydrogen) atoms. The molecule has 1 unspecified atom stereocenters. The van der Waals surface area contributed by atoms with E-state index in [-0.39, 0.29) is 18.6 Å². The standard InChI is InChI=1S/C18H26N2O3/c1-6-20(11-18(4,5)22)17(21)19-13(3)16-12(2)14-9-7-8-10-15(14)23-16/h7-10,13,22H,6,11H2,1-5H3,(H,19,21). The van der Waals surface area contributed by atoms with Gasteiger partial charge < -0.3 is 19.7 Å². The first kappa shape index (κ1) is 17.3. The fourth-order valence-electron chi connectivity index (χ4n) is 2.74. The van der Waals surface area contributed by atoms with E-state index in [0.29, 0.717) is 6.54 Å². The molecule has 0 radical (unpaired) electrons. The normalized spacial score (nSPS) is 13.1.